The van der Waals surface area contributed by atoms with E-state index in [0.29, 0.717) is 12.0 Å². The summed E-state index contributed by atoms with van der Waals surface area (Å²) in [5, 5.41) is 9.65. The summed E-state index contributed by atoms with van der Waals surface area (Å²) in [6.07, 6.45) is 2.29. The molecule has 1 unspecified atom stereocenters. The van der Waals surface area contributed by atoms with Gasteiger partial charge in [0.1, 0.15) is 0 Å². The average Bonchev–Trinajstić information content (AvgIpc) is 2.42. The Labute approximate surface area is 168 Å². The Bertz CT molecular complexity index is 629. The van der Waals surface area contributed by atoms with Gasteiger partial charge in [-0.3, -0.25) is 0 Å². The third kappa shape index (κ3) is 10.2. The lowest BCUT2D eigenvalue weighted by atomic mass is 10.0. The normalized spacial score (nSPS) is 14.9. The lowest BCUT2D eigenvalue weighted by Crippen LogP contribution is -2.53. The molecule has 0 radical (unpaired) electrons. The molecule has 0 amide bonds. The summed E-state index contributed by atoms with van der Waals surface area (Å²) in [7, 11) is -5.88. The fourth-order valence-electron chi connectivity index (χ4n) is 3.44. The maximum atomic E-state index is 11.8. The van der Waals surface area contributed by atoms with E-state index in [0.717, 1.165) is 11.6 Å². The van der Waals surface area contributed by atoms with Crippen molar-refractivity contribution in [1.82, 2.24) is 0 Å². The monoisotopic (exact) mass is 424 g/mol. The van der Waals surface area contributed by atoms with Crippen LogP contribution < -0.4 is 0 Å². The van der Waals surface area contributed by atoms with Crippen LogP contribution in [0.4, 0.5) is 0 Å². The Morgan fingerprint density at radius 3 is 1.89 bits per heavy atom. The van der Waals surface area contributed by atoms with E-state index in [4.69, 9.17) is 8.23 Å². The molecule has 0 aromatic heterocycles. The molecule has 0 saturated carbocycles. The van der Waals surface area contributed by atoms with Crippen molar-refractivity contribution in [2.24, 2.45) is 5.92 Å². The van der Waals surface area contributed by atoms with Gasteiger partial charge < -0.3 is 13.3 Å². The van der Waals surface area contributed by atoms with Gasteiger partial charge >= 0.3 is 14.5 Å². The molecule has 27 heavy (non-hydrogen) atoms. The zero-order valence-corrected chi connectivity index (χ0v) is 21.1. The minimum atomic E-state index is -2.37. The number of rotatable bonds is 10. The van der Waals surface area contributed by atoms with Gasteiger partial charge in [0, 0.05) is 5.57 Å². The van der Waals surface area contributed by atoms with Gasteiger partial charge in [0.25, 0.3) is 0 Å². The summed E-state index contributed by atoms with van der Waals surface area (Å²) < 4.78 is 13.1. The van der Waals surface area contributed by atoms with Crippen LogP contribution in [-0.4, -0.2) is 36.3 Å². The van der Waals surface area contributed by atoms with Crippen LogP contribution in [0.1, 0.15) is 18.9 Å². The van der Waals surface area contributed by atoms with Crippen molar-refractivity contribution in [1.29, 1.82) is 0 Å². The van der Waals surface area contributed by atoms with Gasteiger partial charge in [0.2, 0.25) is 0 Å². The molecule has 0 spiro atoms. The Hall–Kier alpha value is -0.999. The zero-order chi connectivity index (χ0) is 20.9. The highest BCUT2D eigenvalue weighted by atomic mass is 28.5. The summed E-state index contributed by atoms with van der Waals surface area (Å²) in [4.78, 5) is 11.8. The summed E-state index contributed by atoms with van der Waals surface area (Å²) in [6, 6.07) is 10.4. The molecule has 7 heteroatoms. The van der Waals surface area contributed by atoms with Crippen molar-refractivity contribution in [2.45, 2.75) is 65.2 Å². The fourth-order valence-corrected chi connectivity index (χ4v) is 16.4. The van der Waals surface area contributed by atoms with E-state index in [9.17, 15) is 9.90 Å². The molecule has 0 heterocycles. The molecule has 0 fully saturated rings. The van der Waals surface area contributed by atoms with Crippen molar-refractivity contribution < 1.29 is 18.1 Å². The highest BCUT2D eigenvalue weighted by molar-refractivity contribution is 6.87. The highest BCUT2D eigenvalue weighted by Gasteiger charge is 2.41. The molecule has 0 aliphatic rings. The molecule has 0 aliphatic carbocycles. The predicted octanol–water partition coefficient (Wildman–Crippen LogP) is 5.96. The van der Waals surface area contributed by atoms with E-state index in [2.05, 4.69) is 52.8 Å². The zero-order valence-electron chi connectivity index (χ0n) is 18.1. The van der Waals surface area contributed by atoms with Crippen molar-refractivity contribution >= 4 is 37.2 Å². The van der Waals surface area contributed by atoms with Crippen LogP contribution in [0.15, 0.2) is 35.9 Å². The summed E-state index contributed by atoms with van der Waals surface area (Å²) in [6.45, 7) is 17.4. The Balaban J connectivity index is 2.97. The summed E-state index contributed by atoms with van der Waals surface area (Å²) in [5.74, 6) is -0.674. The van der Waals surface area contributed by atoms with Gasteiger partial charge in [0.05, 0.1) is 0 Å². The molecular formula is C20H36O4Si3. The van der Waals surface area contributed by atoms with E-state index in [1.54, 1.807) is 6.08 Å². The first-order chi connectivity index (χ1) is 12.2. The molecular weight excluding hydrogens is 388 g/mol. The van der Waals surface area contributed by atoms with Crippen LogP contribution in [0.3, 0.4) is 0 Å². The van der Waals surface area contributed by atoms with Gasteiger partial charge in [-0.2, -0.15) is 0 Å². The lowest BCUT2D eigenvalue weighted by molar-refractivity contribution is -0.132. The van der Waals surface area contributed by atoms with Crippen LogP contribution in [0.25, 0.3) is 6.08 Å². The molecule has 0 aliphatic heterocycles. The second kappa shape index (κ2) is 9.47. The first-order valence-corrected chi connectivity index (χ1v) is 18.9. The van der Waals surface area contributed by atoms with Crippen molar-refractivity contribution in [3.8, 4) is 0 Å². The van der Waals surface area contributed by atoms with Crippen molar-refractivity contribution in [3.05, 3.63) is 41.5 Å². The first kappa shape index (κ1) is 24.0. The molecule has 1 rings (SSSR count). The second-order valence-corrected chi connectivity index (χ2v) is 22.2. The number of carboxylic acid groups (broad SMARTS) is 1. The number of benzene rings is 1. The van der Waals surface area contributed by atoms with E-state index in [1.807, 2.05) is 30.3 Å². The third-order valence-electron chi connectivity index (χ3n) is 3.75. The first-order valence-electron chi connectivity index (χ1n) is 9.58. The van der Waals surface area contributed by atoms with Gasteiger partial charge in [-0.15, -0.1) is 0 Å². The quantitative estimate of drug-likeness (QED) is 0.372. The van der Waals surface area contributed by atoms with E-state index in [1.165, 1.54) is 0 Å². The van der Waals surface area contributed by atoms with Crippen molar-refractivity contribution in [3.63, 3.8) is 0 Å². The van der Waals surface area contributed by atoms with Crippen LogP contribution >= 0.6 is 0 Å². The van der Waals surface area contributed by atoms with Crippen molar-refractivity contribution in [2.75, 3.05) is 0 Å². The number of aliphatic carboxylic acids is 1. The average molecular weight is 425 g/mol. The lowest BCUT2D eigenvalue weighted by Gasteiger charge is -2.39. The summed E-state index contributed by atoms with van der Waals surface area (Å²) in [5.41, 5.74) is 1.35. The van der Waals surface area contributed by atoms with E-state index >= 15 is 0 Å². The third-order valence-corrected chi connectivity index (χ3v) is 13.5. The minimum absolute atomic E-state index is 0.181. The SMILES string of the molecule is CC(CC(=Cc1ccccc1)C(=O)O)C[Si](C)(O[Si](C)(C)C)O[Si](C)(C)C. The maximum Gasteiger partial charge on any atom is 0.331 e. The molecule has 152 valence electrons. The number of carboxylic acids is 1. The van der Waals surface area contributed by atoms with Gasteiger partial charge in [-0.25, -0.2) is 4.79 Å². The Kier molecular flexibility index (Phi) is 8.43. The molecule has 1 aromatic carbocycles. The number of carbonyl (C=O) groups is 1. The summed E-state index contributed by atoms with van der Waals surface area (Å²) >= 11 is 0. The Morgan fingerprint density at radius 1 is 1.00 bits per heavy atom. The molecule has 1 atom stereocenters. The molecule has 1 N–H and O–H groups in total. The number of hydrogen-bond acceptors (Lipinski definition) is 3. The van der Waals surface area contributed by atoms with Gasteiger partial charge in [-0.1, -0.05) is 37.3 Å². The molecule has 0 bridgehead atoms. The van der Waals surface area contributed by atoms with E-state index in [-0.39, 0.29) is 5.92 Å². The Morgan fingerprint density at radius 2 is 1.48 bits per heavy atom. The van der Waals surface area contributed by atoms with Crippen LogP contribution in [0.5, 0.6) is 0 Å². The highest BCUT2D eigenvalue weighted by Crippen LogP contribution is 2.30. The number of hydrogen-bond donors (Lipinski definition) is 1. The van der Waals surface area contributed by atoms with Gasteiger partial charge in [0.15, 0.2) is 16.6 Å². The minimum Gasteiger partial charge on any atom is -0.478 e. The standard InChI is InChI=1S/C20H36O4Si3/c1-17(14-19(20(21)22)15-18-12-10-9-11-13-18)16-27(8,23-25(2,3)4)24-26(5,6)7/h9-13,15,17H,14,16H2,1-8H3,(H,21,22). The van der Waals surface area contributed by atoms with Gasteiger partial charge in [-0.05, 0) is 75.9 Å². The fraction of sp³-hybridized carbons (Fsp3) is 0.550. The molecule has 1 aromatic rings. The molecule has 4 nitrogen and oxygen atoms in total. The van der Waals surface area contributed by atoms with Crippen LogP contribution in [-0.2, 0) is 13.0 Å². The maximum absolute atomic E-state index is 11.8. The van der Waals surface area contributed by atoms with Crippen LogP contribution in [0.2, 0.25) is 51.9 Å². The van der Waals surface area contributed by atoms with Crippen LogP contribution in [0, 0.1) is 5.92 Å². The van der Waals surface area contributed by atoms with E-state index < -0.39 is 31.2 Å². The topological polar surface area (TPSA) is 55.8 Å². The second-order valence-electron chi connectivity index (χ2n) is 9.46. The predicted molar refractivity (Wildman–Crippen MR) is 121 cm³/mol. The smallest absolute Gasteiger partial charge is 0.331 e. The largest absolute Gasteiger partial charge is 0.478 e. The molecule has 0 saturated heterocycles.